The molecule has 20 heavy (non-hydrogen) atoms. The van der Waals surface area contributed by atoms with Gasteiger partial charge < -0.3 is 20.9 Å². The summed E-state index contributed by atoms with van der Waals surface area (Å²) in [6.07, 6.45) is 5.79. The lowest BCUT2D eigenvalue weighted by Gasteiger charge is -2.32. The number of hydrogen-bond donors (Lipinski definition) is 3. The lowest BCUT2D eigenvalue weighted by Crippen LogP contribution is -2.39. The molecule has 0 radical (unpaired) electrons. The van der Waals surface area contributed by atoms with Gasteiger partial charge in [-0.05, 0) is 19.3 Å². The molecular formula is C13H23N5O2. The second-order valence-corrected chi connectivity index (χ2v) is 5.29. The molecule has 4 N–H and O–H groups in total. The molecule has 2 rings (SSSR count). The number of aromatic nitrogens is 3. The standard InChI is InChI=1S/C13H23N5O2/c1-2-8-20-12-17-10(14)16-11(18-12)15-9-13(19)6-4-3-5-7-13/h19H,2-9H2,1H3,(H3,14,15,16,17,18). The minimum Gasteiger partial charge on any atom is -0.463 e. The summed E-state index contributed by atoms with van der Waals surface area (Å²) in [6, 6.07) is 0.220. The van der Waals surface area contributed by atoms with Crippen LogP contribution in [0.3, 0.4) is 0 Å². The number of rotatable bonds is 6. The van der Waals surface area contributed by atoms with Crippen molar-refractivity contribution in [1.29, 1.82) is 0 Å². The van der Waals surface area contributed by atoms with Gasteiger partial charge in [-0.1, -0.05) is 26.2 Å². The maximum absolute atomic E-state index is 10.4. The van der Waals surface area contributed by atoms with Gasteiger partial charge in [-0.2, -0.15) is 15.0 Å². The maximum atomic E-state index is 10.4. The molecule has 0 spiro atoms. The Hall–Kier alpha value is -1.63. The molecule has 0 atom stereocenters. The van der Waals surface area contributed by atoms with Crippen LogP contribution in [-0.4, -0.2) is 38.8 Å². The zero-order valence-electron chi connectivity index (χ0n) is 11.9. The van der Waals surface area contributed by atoms with Gasteiger partial charge in [-0.25, -0.2) is 0 Å². The zero-order chi connectivity index (χ0) is 14.4. The highest BCUT2D eigenvalue weighted by atomic mass is 16.5. The number of nitrogens with zero attached hydrogens (tertiary/aromatic N) is 3. The van der Waals surface area contributed by atoms with Gasteiger partial charge in [0.2, 0.25) is 11.9 Å². The van der Waals surface area contributed by atoms with Crippen molar-refractivity contribution < 1.29 is 9.84 Å². The summed E-state index contributed by atoms with van der Waals surface area (Å²) in [5.41, 5.74) is 4.95. The molecule has 0 amide bonds. The van der Waals surface area contributed by atoms with Gasteiger partial charge in [0.25, 0.3) is 0 Å². The first-order valence-electron chi connectivity index (χ1n) is 7.22. The lowest BCUT2D eigenvalue weighted by atomic mass is 9.85. The van der Waals surface area contributed by atoms with Crippen LogP contribution >= 0.6 is 0 Å². The maximum Gasteiger partial charge on any atom is 0.323 e. The normalized spacial score (nSPS) is 17.7. The van der Waals surface area contributed by atoms with Crippen molar-refractivity contribution in [2.75, 3.05) is 24.2 Å². The van der Waals surface area contributed by atoms with Crippen LogP contribution in [0.5, 0.6) is 6.01 Å². The van der Waals surface area contributed by atoms with Crippen molar-refractivity contribution in [3.05, 3.63) is 0 Å². The monoisotopic (exact) mass is 281 g/mol. The number of ether oxygens (including phenoxy) is 1. The number of aliphatic hydroxyl groups is 1. The van der Waals surface area contributed by atoms with Crippen molar-refractivity contribution in [1.82, 2.24) is 15.0 Å². The van der Waals surface area contributed by atoms with Gasteiger partial charge in [-0.3, -0.25) is 0 Å². The van der Waals surface area contributed by atoms with Gasteiger partial charge in [0.1, 0.15) is 0 Å². The van der Waals surface area contributed by atoms with Crippen LogP contribution in [0.4, 0.5) is 11.9 Å². The Morgan fingerprint density at radius 1 is 1.25 bits per heavy atom. The summed E-state index contributed by atoms with van der Waals surface area (Å²) in [5.74, 6) is 0.465. The van der Waals surface area contributed by atoms with E-state index in [1.807, 2.05) is 6.92 Å². The predicted octanol–water partition coefficient (Wildman–Crippen LogP) is 1.35. The SMILES string of the molecule is CCCOc1nc(N)nc(NCC2(O)CCCCC2)n1. The fraction of sp³-hybridized carbons (Fsp3) is 0.769. The van der Waals surface area contributed by atoms with Crippen LogP contribution in [0.1, 0.15) is 45.4 Å². The lowest BCUT2D eigenvalue weighted by molar-refractivity contribution is 0.0165. The molecular weight excluding hydrogens is 258 g/mol. The minimum absolute atomic E-state index is 0.115. The van der Waals surface area contributed by atoms with E-state index in [9.17, 15) is 5.11 Å². The highest BCUT2D eigenvalue weighted by Gasteiger charge is 2.29. The third-order valence-corrected chi connectivity index (χ3v) is 3.43. The van der Waals surface area contributed by atoms with Crippen LogP contribution in [0.25, 0.3) is 0 Å². The Morgan fingerprint density at radius 2 is 2.00 bits per heavy atom. The molecule has 1 aliphatic rings. The van der Waals surface area contributed by atoms with Crippen LogP contribution in [0.2, 0.25) is 0 Å². The molecule has 0 unspecified atom stereocenters. The first-order chi connectivity index (χ1) is 9.61. The van der Waals surface area contributed by atoms with E-state index in [0.717, 1.165) is 32.1 Å². The quantitative estimate of drug-likeness (QED) is 0.722. The highest BCUT2D eigenvalue weighted by Crippen LogP contribution is 2.28. The van der Waals surface area contributed by atoms with E-state index in [-0.39, 0.29) is 12.0 Å². The fourth-order valence-electron chi connectivity index (χ4n) is 2.34. The Morgan fingerprint density at radius 3 is 2.70 bits per heavy atom. The highest BCUT2D eigenvalue weighted by molar-refractivity contribution is 5.33. The van der Waals surface area contributed by atoms with Gasteiger partial charge in [0.15, 0.2) is 0 Å². The van der Waals surface area contributed by atoms with E-state index < -0.39 is 5.60 Å². The molecule has 7 nitrogen and oxygen atoms in total. The van der Waals surface area contributed by atoms with E-state index in [2.05, 4.69) is 20.3 Å². The Balaban J connectivity index is 1.96. The largest absolute Gasteiger partial charge is 0.463 e. The van der Waals surface area contributed by atoms with E-state index in [1.165, 1.54) is 6.42 Å². The Kier molecular flexibility index (Phi) is 4.94. The topological polar surface area (TPSA) is 106 Å². The average Bonchev–Trinajstić information content (AvgIpc) is 2.43. The van der Waals surface area contributed by atoms with E-state index in [4.69, 9.17) is 10.5 Å². The molecule has 1 fully saturated rings. The summed E-state index contributed by atoms with van der Waals surface area (Å²) in [6.45, 7) is 2.96. The van der Waals surface area contributed by atoms with Crippen molar-refractivity contribution in [2.24, 2.45) is 0 Å². The molecule has 0 bridgehead atoms. The average molecular weight is 281 g/mol. The van der Waals surface area contributed by atoms with E-state index in [0.29, 0.717) is 19.1 Å². The van der Waals surface area contributed by atoms with Crippen molar-refractivity contribution in [2.45, 2.75) is 51.0 Å². The summed E-state index contributed by atoms with van der Waals surface area (Å²) < 4.78 is 5.35. The van der Waals surface area contributed by atoms with Gasteiger partial charge in [-0.15, -0.1) is 0 Å². The summed E-state index contributed by atoms with van der Waals surface area (Å²) in [5, 5.41) is 13.5. The Labute approximate surface area is 119 Å². The van der Waals surface area contributed by atoms with Crippen molar-refractivity contribution >= 4 is 11.9 Å². The van der Waals surface area contributed by atoms with Crippen molar-refractivity contribution in [3.8, 4) is 6.01 Å². The smallest absolute Gasteiger partial charge is 0.323 e. The number of hydrogen-bond acceptors (Lipinski definition) is 7. The summed E-state index contributed by atoms with van der Waals surface area (Å²) in [4.78, 5) is 12.1. The summed E-state index contributed by atoms with van der Waals surface area (Å²) in [7, 11) is 0. The third kappa shape index (κ3) is 4.19. The number of nitrogens with one attached hydrogen (secondary N) is 1. The third-order valence-electron chi connectivity index (χ3n) is 3.43. The van der Waals surface area contributed by atoms with Crippen LogP contribution in [-0.2, 0) is 0 Å². The molecule has 1 aliphatic carbocycles. The molecule has 112 valence electrons. The molecule has 0 aromatic carbocycles. The van der Waals surface area contributed by atoms with E-state index >= 15 is 0 Å². The zero-order valence-corrected chi connectivity index (χ0v) is 11.9. The molecule has 7 heteroatoms. The minimum atomic E-state index is -0.677. The van der Waals surface area contributed by atoms with Crippen molar-refractivity contribution in [3.63, 3.8) is 0 Å². The van der Waals surface area contributed by atoms with Gasteiger partial charge >= 0.3 is 6.01 Å². The van der Waals surface area contributed by atoms with Gasteiger partial charge in [0, 0.05) is 6.54 Å². The van der Waals surface area contributed by atoms with Gasteiger partial charge in [0.05, 0.1) is 12.2 Å². The molecule has 1 aromatic rings. The first kappa shape index (κ1) is 14.8. The number of nitrogen functional groups attached to an aromatic ring is 1. The van der Waals surface area contributed by atoms with Crippen LogP contribution in [0.15, 0.2) is 0 Å². The fourth-order valence-corrected chi connectivity index (χ4v) is 2.34. The van der Waals surface area contributed by atoms with E-state index in [1.54, 1.807) is 0 Å². The molecule has 1 aromatic heterocycles. The molecule has 0 saturated heterocycles. The number of anilines is 2. The molecule has 0 aliphatic heterocycles. The number of nitrogens with two attached hydrogens (primary N) is 1. The second-order valence-electron chi connectivity index (χ2n) is 5.29. The Bertz CT molecular complexity index is 435. The first-order valence-corrected chi connectivity index (χ1v) is 7.22. The molecule has 1 heterocycles. The molecule has 1 saturated carbocycles. The predicted molar refractivity (Wildman–Crippen MR) is 76.5 cm³/mol. The van der Waals surface area contributed by atoms with Crippen LogP contribution < -0.4 is 15.8 Å². The second kappa shape index (κ2) is 6.69. The summed E-state index contributed by atoms with van der Waals surface area (Å²) >= 11 is 0. The van der Waals surface area contributed by atoms with Crippen LogP contribution in [0, 0.1) is 0 Å².